The van der Waals surface area contributed by atoms with Crippen molar-refractivity contribution in [2.24, 2.45) is 0 Å². The molecule has 3 aromatic rings. The Hall–Kier alpha value is -4.12. The number of benzene rings is 1. The second kappa shape index (κ2) is 8.49. The van der Waals surface area contributed by atoms with Crippen LogP contribution >= 0.6 is 0 Å². The molecule has 8 nitrogen and oxygen atoms in total. The summed E-state index contributed by atoms with van der Waals surface area (Å²) < 4.78 is 12.4. The van der Waals surface area contributed by atoms with Gasteiger partial charge in [-0.25, -0.2) is 4.79 Å². The molecule has 30 heavy (non-hydrogen) atoms. The lowest BCUT2D eigenvalue weighted by molar-refractivity contribution is -0.123. The van der Waals surface area contributed by atoms with E-state index in [4.69, 9.17) is 9.15 Å². The predicted octanol–water partition coefficient (Wildman–Crippen LogP) is 3.64. The number of aromatic nitrogens is 1. The number of hydrogen-bond acceptors (Lipinski definition) is 6. The molecule has 2 heterocycles. The van der Waals surface area contributed by atoms with E-state index in [2.05, 4.69) is 5.32 Å². The van der Waals surface area contributed by atoms with Gasteiger partial charge in [-0.2, -0.15) is 5.26 Å². The Labute approximate surface area is 172 Å². The number of nitrogens with zero attached hydrogens (tertiary/aromatic N) is 2. The van der Waals surface area contributed by atoms with Gasteiger partial charge in [0.15, 0.2) is 11.9 Å². The second-order valence-electron chi connectivity index (χ2n) is 6.59. The summed E-state index contributed by atoms with van der Waals surface area (Å²) in [6.45, 7) is 4.42. The van der Waals surface area contributed by atoms with Crippen molar-refractivity contribution < 1.29 is 23.5 Å². The smallest absolute Gasteiger partial charge is 0.343 e. The minimum absolute atomic E-state index is 0.0216. The Morgan fingerprint density at radius 3 is 2.37 bits per heavy atom. The molecule has 1 N–H and O–H groups in total. The van der Waals surface area contributed by atoms with Crippen LogP contribution in [-0.4, -0.2) is 28.3 Å². The van der Waals surface area contributed by atoms with E-state index in [-0.39, 0.29) is 28.6 Å². The molecule has 3 rings (SSSR count). The number of aryl methyl sites for hydroxylation is 1. The third kappa shape index (κ3) is 4.15. The molecule has 0 radical (unpaired) electrons. The zero-order chi connectivity index (χ0) is 21.8. The van der Waals surface area contributed by atoms with E-state index in [1.54, 1.807) is 60.3 Å². The Kier molecular flexibility index (Phi) is 5.83. The number of esters is 1. The van der Waals surface area contributed by atoms with E-state index in [9.17, 15) is 19.6 Å². The maximum Gasteiger partial charge on any atom is 0.343 e. The summed E-state index contributed by atoms with van der Waals surface area (Å²) in [6.07, 6.45) is 2.24. The first-order valence-electron chi connectivity index (χ1n) is 9.11. The molecule has 0 unspecified atom stereocenters. The molecule has 1 atom stereocenters. The average molecular weight is 405 g/mol. The summed E-state index contributed by atoms with van der Waals surface area (Å²) in [6, 6.07) is 11.8. The van der Waals surface area contributed by atoms with Crippen LogP contribution in [0.15, 0.2) is 53.2 Å². The van der Waals surface area contributed by atoms with Crippen LogP contribution in [0.3, 0.4) is 0 Å². The number of nitrogens with one attached hydrogen (secondary N) is 1. The van der Waals surface area contributed by atoms with Crippen molar-refractivity contribution in [3.63, 3.8) is 0 Å². The van der Waals surface area contributed by atoms with E-state index in [0.717, 1.165) is 0 Å². The first-order valence-corrected chi connectivity index (χ1v) is 9.11. The summed E-state index contributed by atoms with van der Waals surface area (Å²) in [7, 11) is 0. The molecule has 0 aliphatic carbocycles. The van der Waals surface area contributed by atoms with Gasteiger partial charge >= 0.3 is 5.97 Å². The van der Waals surface area contributed by atoms with Crippen molar-refractivity contribution in [2.75, 3.05) is 5.32 Å². The fourth-order valence-corrected chi connectivity index (χ4v) is 2.84. The molecular weight excluding hydrogens is 386 g/mol. The highest BCUT2D eigenvalue weighted by atomic mass is 16.5. The number of Topliss-reactive ketones (excluding diaryl/α,β-unsaturated/α-hetero) is 1. The number of carbonyl (C=O) groups excluding carboxylic acids is 3. The molecule has 0 aliphatic heterocycles. The first kappa shape index (κ1) is 20.6. The molecular formula is C22H19N3O5. The molecule has 152 valence electrons. The fraction of sp³-hybridized carbons (Fsp3) is 0.182. The van der Waals surface area contributed by atoms with Gasteiger partial charge in [-0.05, 0) is 57.2 Å². The normalized spacial score (nSPS) is 11.4. The minimum Gasteiger partial charge on any atom is -0.449 e. The van der Waals surface area contributed by atoms with Gasteiger partial charge in [0.05, 0.1) is 0 Å². The van der Waals surface area contributed by atoms with Crippen LogP contribution in [-0.2, 0) is 9.53 Å². The average Bonchev–Trinajstić information content (AvgIpc) is 3.35. The summed E-state index contributed by atoms with van der Waals surface area (Å²) >= 11 is 0. The number of carbonyl (C=O) groups is 3. The van der Waals surface area contributed by atoms with E-state index < -0.39 is 18.0 Å². The number of furan rings is 1. The van der Waals surface area contributed by atoms with E-state index in [1.807, 2.05) is 6.07 Å². The number of amides is 1. The van der Waals surface area contributed by atoms with Crippen LogP contribution in [0.1, 0.15) is 45.9 Å². The lowest BCUT2D eigenvalue weighted by Crippen LogP contribution is -2.30. The number of anilines is 1. The highest BCUT2D eigenvalue weighted by molar-refractivity contribution is 5.99. The van der Waals surface area contributed by atoms with Crippen molar-refractivity contribution in [1.29, 1.82) is 5.26 Å². The zero-order valence-electron chi connectivity index (χ0n) is 16.6. The van der Waals surface area contributed by atoms with Gasteiger partial charge in [-0.3, -0.25) is 14.2 Å². The largest absolute Gasteiger partial charge is 0.449 e. The number of hydrogen-bond donors (Lipinski definition) is 1. The van der Waals surface area contributed by atoms with Gasteiger partial charge in [0.1, 0.15) is 23.0 Å². The first-order chi connectivity index (χ1) is 14.3. The maximum absolute atomic E-state index is 12.7. The van der Waals surface area contributed by atoms with Crippen LogP contribution in [0.25, 0.3) is 5.88 Å². The Morgan fingerprint density at radius 1 is 1.17 bits per heavy atom. The maximum atomic E-state index is 12.7. The van der Waals surface area contributed by atoms with Gasteiger partial charge in [-0.1, -0.05) is 0 Å². The molecule has 2 aromatic heterocycles. The Morgan fingerprint density at radius 2 is 1.80 bits per heavy atom. The van der Waals surface area contributed by atoms with E-state index >= 15 is 0 Å². The van der Waals surface area contributed by atoms with Crippen LogP contribution in [0, 0.1) is 18.3 Å². The second-order valence-corrected chi connectivity index (χ2v) is 6.59. The molecule has 0 spiro atoms. The van der Waals surface area contributed by atoms with Crippen molar-refractivity contribution in [3.05, 3.63) is 71.2 Å². The van der Waals surface area contributed by atoms with E-state index in [0.29, 0.717) is 11.3 Å². The summed E-state index contributed by atoms with van der Waals surface area (Å²) in [5.74, 6) is -1.05. The SMILES string of the molecule is CC(=O)c1ccc(NC(=O)[C@@H](C)OC(=O)c2c(C)oc(-n3cccc3)c2C#N)cc1. The summed E-state index contributed by atoms with van der Waals surface area (Å²) in [5.41, 5.74) is 0.984. The van der Waals surface area contributed by atoms with Crippen LogP contribution in [0.4, 0.5) is 5.69 Å². The summed E-state index contributed by atoms with van der Waals surface area (Å²) in [5, 5.41) is 12.1. The van der Waals surface area contributed by atoms with Crippen molar-refractivity contribution in [1.82, 2.24) is 4.57 Å². The number of nitriles is 1. The molecule has 0 fully saturated rings. The molecule has 0 aliphatic rings. The molecule has 0 bridgehead atoms. The quantitative estimate of drug-likeness (QED) is 0.495. The van der Waals surface area contributed by atoms with Crippen molar-refractivity contribution in [2.45, 2.75) is 26.9 Å². The molecule has 1 aromatic carbocycles. The lowest BCUT2D eigenvalue weighted by Gasteiger charge is -2.13. The van der Waals surface area contributed by atoms with Gasteiger partial charge in [0, 0.05) is 23.6 Å². The zero-order valence-corrected chi connectivity index (χ0v) is 16.6. The monoisotopic (exact) mass is 405 g/mol. The third-order valence-corrected chi connectivity index (χ3v) is 4.43. The van der Waals surface area contributed by atoms with Crippen LogP contribution < -0.4 is 5.32 Å². The molecule has 0 saturated carbocycles. The van der Waals surface area contributed by atoms with Crippen LogP contribution in [0.2, 0.25) is 0 Å². The highest BCUT2D eigenvalue weighted by Crippen LogP contribution is 2.26. The highest BCUT2D eigenvalue weighted by Gasteiger charge is 2.28. The van der Waals surface area contributed by atoms with Crippen molar-refractivity contribution >= 4 is 23.3 Å². The van der Waals surface area contributed by atoms with Gasteiger partial charge < -0.3 is 14.5 Å². The lowest BCUT2D eigenvalue weighted by atomic mass is 10.1. The van der Waals surface area contributed by atoms with Crippen molar-refractivity contribution in [3.8, 4) is 12.0 Å². The van der Waals surface area contributed by atoms with Gasteiger partial charge in [0.2, 0.25) is 5.88 Å². The molecule has 1 amide bonds. The minimum atomic E-state index is -1.12. The Bertz CT molecular complexity index is 1130. The standard InChI is InChI=1S/C22H19N3O5/c1-13(26)16-6-8-17(9-7-16)24-20(27)15(3)30-22(28)19-14(2)29-21(18(19)12-23)25-10-4-5-11-25/h4-11,15H,1-3H3,(H,24,27)/t15-/m1/s1. The summed E-state index contributed by atoms with van der Waals surface area (Å²) in [4.78, 5) is 36.4. The van der Waals surface area contributed by atoms with Gasteiger partial charge in [0.25, 0.3) is 5.91 Å². The third-order valence-electron chi connectivity index (χ3n) is 4.43. The molecule has 8 heteroatoms. The topological polar surface area (TPSA) is 114 Å². The molecule has 0 saturated heterocycles. The fourth-order valence-electron chi connectivity index (χ4n) is 2.84. The van der Waals surface area contributed by atoms with Crippen LogP contribution in [0.5, 0.6) is 0 Å². The number of rotatable bonds is 6. The Balaban J connectivity index is 1.73. The number of ether oxygens (including phenoxy) is 1. The predicted molar refractivity (Wildman–Crippen MR) is 107 cm³/mol. The number of ketones is 1. The van der Waals surface area contributed by atoms with Gasteiger partial charge in [-0.15, -0.1) is 0 Å². The van der Waals surface area contributed by atoms with E-state index in [1.165, 1.54) is 13.8 Å².